The maximum atomic E-state index is 12.4. The SMILES string of the molecule is C=CCn1c(SC(C)C(=O)NC(=O)NC)nnc1-c1cc(-c2ccc(C)cc2)nc2ccccc12. The predicted octanol–water partition coefficient (Wildman–Crippen LogP) is 4.59. The molecular weight excluding hydrogens is 460 g/mol. The Balaban J connectivity index is 1.78. The summed E-state index contributed by atoms with van der Waals surface area (Å²) in [4.78, 5) is 28.8. The molecule has 0 aliphatic rings. The number of rotatable bonds is 7. The van der Waals surface area contributed by atoms with Gasteiger partial charge in [0.15, 0.2) is 11.0 Å². The number of thioether (sulfide) groups is 1. The molecule has 0 aliphatic carbocycles. The molecule has 0 bridgehead atoms. The smallest absolute Gasteiger partial charge is 0.321 e. The van der Waals surface area contributed by atoms with Crippen LogP contribution in [0.4, 0.5) is 4.79 Å². The monoisotopic (exact) mass is 486 g/mol. The Morgan fingerprint density at radius 1 is 1.14 bits per heavy atom. The van der Waals surface area contributed by atoms with Gasteiger partial charge in [-0.05, 0) is 26.0 Å². The summed E-state index contributed by atoms with van der Waals surface area (Å²) in [6.45, 7) is 8.10. The number of urea groups is 1. The Hall–Kier alpha value is -3.98. The second-order valence-corrected chi connectivity index (χ2v) is 9.28. The standard InChI is InChI=1S/C26H26N6O2S/c1-5-14-32-23(30-31-26(32)35-17(3)24(33)29-25(34)27-4)20-15-22(18-12-10-16(2)11-13-18)28-21-9-7-6-8-19(20)21/h5-13,15,17H,1,14H2,2-4H3,(H2,27,29,33,34). The summed E-state index contributed by atoms with van der Waals surface area (Å²) in [6.07, 6.45) is 1.76. The van der Waals surface area contributed by atoms with Crippen molar-refractivity contribution >= 4 is 34.6 Å². The van der Waals surface area contributed by atoms with E-state index in [-0.39, 0.29) is 0 Å². The van der Waals surface area contributed by atoms with Gasteiger partial charge in [0, 0.05) is 30.1 Å². The highest BCUT2D eigenvalue weighted by molar-refractivity contribution is 8.00. The minimum Gasteiger partial charge on any atom is -0.341 e. The van der Waals surface area contributed by atoms with Gasteiger partial charge in [-0.25, -0.2) is 9.78 Å². The second kappa shape index (κ2) is 10.5. The van der Waals surface area contributed by atoms with Crippen molar-refractivity contribution in [1.82, 2.24) is 30.4 Å². The van der Waals surface area contributed by atoms with Gasteiger partial charge in [-0.1, -0.05) is 65.9 Å². The fourth-order valence-corrected chi connectivity index (χ4v) is 4.45. The number of amides is 3. The average molecular weight is 487 g/mol. The van der Waals surface area contributed by atoms with Crippen LogP contribution < -0.4 is 10.6 Å². The number of imide groups is 1. The highest BCUT2D eigenvalue weighted by Gasteiger charge is 2.23. The number of para-hydroxylation sites is 1. The van der Waals surface area contributed by atoms with Crippen molar-refractivity contribution in [3.63, 3.8) is 0 Å². The van der Waals surface area contributed by atoms with Gasteiger partial charge in [0.1, 0.15) is 0 Å². The van der Waals surface area contributed by atoms with E-state index in [2.05, 4.69) is 58.6 Å². The normalized spacial score (nSPS) is 11.7. The number of aryl methyl sites for hydroxylation is 1. The fraction of sp³-hybridized carbons (Fsp3) is 0.192. The number of aromatic nitrogens is 4. The van der Waals surface area contributed by atoms with Crippen molar-refractivity contribution in [3.05, 3.63) is 72.8 Å². The number of fused-ring (bicyclic) bond motifs is 1. The van der Waals surface area contributed by atoms with Gasteiger partial charge in [0.25, 0.3) is 0 Å². The van der Waals surface area contributed by atoms with Crippen LogP contribution in [0, 0.1) is 6.92 Å². The first-order valence-corrected chi connectivity index (χ1v) is 12.0. The van der Waals surface area contributed by atoms with Crippen molar-refractivity contribution in [1.29, 1.82) is 0 Å². The molecule has 1 atom stereocenters. The maximum Gasteiger partial charge on any atom is 0.321 e. The summed E-state index contributed by atoms with van der Waals surface area (Å²) >= 11 is 1.23. The van der Waals surface area contributed by atoms with Crippen LogP contribution in [0.5, 0.6) is 0 Å². The molecule has 4 aromatic rings. The molecule has 0 fully saturated rings. The zero-order chi connectivity index (χ0) is 24.9. The summed E-state index contributed by atoms with van der Waals surface area (Å²) in [5, 5.41) is 14.5. The van der Waals surface area contributed by atoms with Gasteiger partial charge >= 0.3 is 6.03 Å². The number of carbonyl (C=O) groups excluding carboxylic acids is 2. The molecular formula is C26H26N6O2S. The summed E-state index contributed by atoms with van der Waals surface area (Å²) in [5.41, 5.74) is 4.75. The van der Waals surface area contributed by atoms with Crippen LogP contribution >= 0.6 is 11.8 Å². The van der Waals surface area contributed by atoms with Crippen LogP contribution in [-0.2, 0) is 11.3 Å². The minimum atomic E-state index is -0.565. The number of hydrogen-bond donors (Lipinski definition) is 2. The number of hydrogen-bond acceptors (Lipinski definition) is 6. The highest BCUT2D eigenvalue weighted by Crippen LogP contribution is 2.33. The summed E-state index contributed by atoms with van der Waals surface area (Å²) in [7, 11) is 1.46. The van der Waals surface area contributed by atoms with Crippen molar-refractivity contribution < 1.29 is 9.59 Å². The molecule has 2 aromatic heterocycles. The molecule has 9 heteroatoms. The van der Waals surface area contributed by atoms with Crippen LogP contribution in [-0.4, -0.2) is 44.0 Å². The Morgan fingerprint density at radius 2 is 1.89 bits per heavy atom. The molecule has 178 valence electrons. The highest BCUT2D eigenvalue weighted by atomic mass is 32.2. The number of nitrogens with one attached hydrogen (secondary N) is 2. The third-order valence-corrected chi connectivity index (χ3v) is 6.53. The molecule has 2 aromatic carbocycles. The number of allylic oxidation sites excluding steroid dienone is 1. The summed E-state index contributed by atoms with van der Waals surface area (Å²) in [6, 6.07) is 17.6. The van der Waals surface area contributed by atoms with Crippen LogP contribution in [0.2, 0.25) is 0 Å². The van der Waals surface area contributed by atoms with E-state index in [9.17, 15) is 9.59 Å². The minimum absolute atomic E-state index is 0.417. The molecule has 0 radical (unpaired) electrons. The van der Waals surface area contributed by atoms with Gasteiger partial charge in [-0.3, -0.25) is 14.7 Å². The van der Waals surface area contributed by atoms with Crippen LogP contribution in [0.15, 0.2) is 72.4 Å². The zero-order valence-corrected chi connectivity index (χ0v) is 20.6. The molecule has 35 heavy (non-hydrogen) atoms. The predicted molar refractivity (Wildman–Crippen MR) is 139 cm³/mol. The van der Waals surface area contributed by atoms with E-state index in [0.29, 0.717) is 17.5 Å². The average Bonchev–Trinajstić information content (AvgIpc) is 3.25. The molecule has 4 rings (SSSR count). The van der Waals surface area contributed by atoms with Gasteiger partial charge < -0.3 is 5.32 Å². The lowest BCUT2D eigenvalue weighted by Gasteiger charge is -2.14. The number of nitrogens with zero attached hydrogens (tertiary/aromatic N) is 4. The Labute approximate surface area is 207 Å². The molecule has 2 heterocycles. The molecule has 0 aliphatic heterocycles. The van der Waals surface area contributed by atoms with E-state index in [1.807, 2.05) is 34.9 Å². The molecule has 8 nitrogen and oxygen atoms in total. The van der Waals surface area contributed by atoms with E-state index >= 15 is 0 Å². The summed E-state index contributed by atoms with van der Waals surface area (Å²) in [5.74, 6) is 0.235. The zero-order valence-electron chi connectivity index (χ0n) is 19.8. The van der Waals surface area contributed by atoms with E-state index in [4.69, 9.17) is 4.98 Å². The Kier molecular flexibility index (Phi) is 7.26. The van der Waals surface area contributed by atoms with Gasteiger partial charge in [-0.2, -0.15) is 0 Å². The van der Waals surface area contributed by atoms with E-state index < -0.39 is 17.2 Å². The Bertz CT molecular complexity index is 1400. The second-order valence-electron chi connectivity index (χ2n) is 7.97. The molecule has 2 N–H and O–H groups in total. The largest absolute Gasteiger partial charge is 0.341 e. The first-order chi connectivity index (χ1) is 16.9. The molecule has 0 saturated carbocycles. The lowest BCUT2D eigenvalue weighted by atomic mass is 10.0. The van der Waals surface area contributed by atoms with Crippen molar-refractivity contribution in [2.75, 3.05) is 7.05 Å². The molecule has 1 unspecified atom stereocenters. The number of benzene rings is 2. The molecule has 0 saturated heterocycles. The van der Waals surface area contributed by atoms with E-state index in [1.165, 1.54) is 24.4 Å². The lowest BCUT2D eigenvalue weighted by Crippen LogP contribution is -2.41. The fourth-order valence-electron chi connectivity index (χ4n) is 3.59. The van der Waals surface area contributed by atoms with Gasteiger partial charge in [-0.15, -0.1) is 16.8 Å². The Morgan fingerprint density at radius 3 is 2.60 bits per heavy atom. The van der Waals surface area contributed by atoms with Crippen molar-refractivity contribution in [3.8, 4) is 22.6 Å². The van der Waals surface area contributed by atoms with Crippen molar-refractivity contribution in [2.24, 2.45) is 0 Å². The first kappa shape index (κ1) is 24.2. The number of pyridine rings is 1. The van der Waals surface area contributed by atoms with Gasteiger partial charge in [0.05, 0.1) is 16.5 Å². The van der Waals surface area contributed by atoms with Crippen LogP contribution in [0.1, 0.15) is 12.5 Å². The lowest BCUT2D eigenvalue weighted by molar-refractivity contribution is -0.119. The number of carbonyl (C=O) groups is 2. The van der Waals surface area contributed by atoms with Crippen molar-refractivity contribution in [2.45, 2.75) is 30.8 Å². The van der Waals surface area contributed by atoms with E-state index in [0.717, 1.165) is 27.7 Å². The van der Waals surface area contributed by atoms with Gasteiger partial charge in [0.2, 0.25) is 5.91 Å². The third kappa shape index (κ3) is 5.25. The van der Waals surface area contributed by atoms with E-state index in [1.54, 1.807) is 13.0 Å². The summed E-state index contributed by atoms with van der Waals surface area (Å²) < 4.78 is 1.92. The first-order valence-electron chi connectivity index (χ1n) is 11.1. The third-order valence-electron chi connectivity index (χ3n) is 5.45. The quantitative estimate of drug-likeness (QED) is 0.293. The van der Waals surface area contributed by atoms with Crippen LogP contribution in [0.3, 0.4) is 0 Å². The topological polar surface area (TPSA) is 102 Å². The molecule has 0 spiro atoms. The van der Waals surface area contributed by atoms with Crippen LogP contribution in [0.25, 0.3) is 33.5 Å². The molecule has 3 amide bonds. The maximum absolute atomic E-state index is 12.4.